The number of carbonyl (C=O) groups is 1. The molecule has 0 saturated heterocycles. The maximum Gasteiger partial charge on any atom is 0.262 e. The first-order valence-corrected chi connectivity index (χ1v) is 9.56. The van der Waals surface area contributed by atoms with E-state index in [2.05, 4.69) is 20.3 Å². The molecule has 3 heterocycles. The normalized spacial score (nSPS) is 14.0. The van der Waals surface area contributed by atoms with E-state index >= 15 is 0 Å². The molecule has 4 rings (SSSR count). The molecule has 0 bridgehead atoms. The van der Waals surface area contributed by atoms with Gasteiger partial charge < -0.3 is 10.2 Å². The summed E-state index contributed by atoms with van der Waals surface area (Å²) in [6.45, 7) is 3.00. The molecule has 1 N–H and O–H groups in total. The fourth-order valence-corrected chi connectivity index (χ4v) is 3.39. The molecular formula is C22H18F3N5O. The fourth-order valence-electron chi connectivity index (χ4n) is 3.39. The predicted octanol–water partition coefficient (Wildman–Crippen LogP) is 4.23. The largest absolute Gasteiger partial charge is 0.349 e. The van der Waals surface area contributed by atoms with E-state index in [1.807, 2.05) is 11.8 Å². The first-order valence-electron chi connectivity index (χ1n) is 9.56. The van der Waals surface area contributed by atoms with Crippen molar-refractivity contribution in [1.29, 1.82) is 0 Å². The lowest BCUT2D eigenvalue weighted by molar-refractivity contribution is 0.101. The minimum Gasteiger partial charge on any atom is -0.349 e. The van der Waals surface area contributed by atoms with Gasteiger partial charge in [0.05, 0.1) is 18.1 Å². The first kappa shape index (κ1) is 20.5. The van der Waals surface area contributed by atoms with Gasteiger partial charge in [0.15, 0.2) is 17.5 Å². The Labute approximate surface area is 176 Å². The molecular weight excluding hydrogens is 407 g/mol. The van der Waals surface area contributed by atoms with Crippen molar-refractivity contribution in [3.8, 4) is 0 Å². The van der Waals surface area contributed by atoms with Crippen molar-refractivity contribution in [2.75, 3.05) is 23.3 Å². The molecule has 1 aromatic carbocycles. The molecule has 0 unspecified atom stereocenters. The molecule has 158 valence electrons. The van der Waals surface area contributed by atoms with E-state index in [9.17, 15) is 18.0 Å². The summed E-state index contributed by atoms with van der Waals surface area (Å²) in [6, 6.07) is 6.08. The van der Waals surface area contributed by atoms with E-state index < -0.39 is 28.9 Å². The van der Waals surface area contributed by atoms with Gasteiger partial charge in [-0.3, -0.25) is 9.78 Å². The van der Waals surface area contributed by atoms with Gasteiger partial charge in [0, 0.05) is 19.3 Å². The number of rotatable bonds is 4. The number of hydrogen-bond donors (Lipinski definition) is 1. The van der Waals surface area contributed by atoms with E-state index in [1.54, 1.807) is 6.20 Å². The van der Waals surface area contributed by atoms with Gasteiger partial charge in [-0.2, -0.15) is 0 Å². The van der Waals surface area contributed by atoms with Crippen LogP contribution in [0.2, 0.25) is 0 Å². The lowest BCUT2D eigenvalue weighted by Crippen LogP contribution is -2.32. The zero-order valence-corrected chi connectivity index (χ0v) is 16.6. The summed E-state index contributed by atoms with van der Waals surface area (Å²) in [4.78, 5) is 26.6. The smallest absolute Gasteiger partial charge is 0.262 e. The second kappa shape index (κ2) is 8.55. The summed E-state index contributed by atoms with van der Waals surface area (Å²) in [5.41, 5.74) is 1.84. The van der Waals surface area contributed by atoms with Gasteiger partial charge >= 0.3 is 0 Å². The first-order chi connectivity index (χ1) is 14.9. The Kier molecular flexibility index (Phi) is 5.66. The second-order valence-corrected chi connectivity index (χ2v) is 7.08. The quantitative estimate of drug-likeness (QED) is 0.678. The Morgan fingerprint density at radius 1 is 1.00 bits per heavy atom. The molecule has 0 aliphatic carbocycles. The lowest BCUT2D eigenvalue weighted by Gasteiger charge is -2.30. The molecule has 3 aromatic rings. The molecule has 9 heteroatoms. The zero-order valence-electron chi connectivity index (χ0n) is 16.6. The number of nitrogens with one attached hydrogen (secondary N) is 1. The Balaban J connectivity index is 1.52. The Morgan fingerprint density at radius 3 is 2.42 bits per heavy atom. The van der Waals surface area contributed by atoms with E-state index in [0.717, 1.165) is 23.3 Å². The molecule has 1 aliphatic rings. The van der Waals surface area contributed by atoms with Gasteiger partial charge in [-0.25, -0.2) is 23.1 Å². The molecule has 6 nitrogen and oxygen atoms in total. The molecule has 0 spiro atoms. The number of benzene rings is 1. The molecule has 1 amide bonds. The van der Waals surface area contributed by atoms with Crippen molar-refractivity contribution in [3.63, 3.8) is 0 Å². The number of halogens is 3. The number of carbonyl (C=O) groups excluding carboxylic acids is 1. The standard InChI is InChI=1S/C22H18F3N5O/c1-13-7-9-30(21-17(25)6-3-8-26-21)12-14(13)18-10-28-19(11-27-18)29-22(31)20-15(23)4-2-5-16(20)24/h2-6,8,10-11H,7,9,12H2,1H3,(H,28,29,31). The van der Waals surface area contributed by atoms with Crippen LogP contribution in [-0.2, 0) is 0 Å². The number of amides is 1. The van der Waals surface area contributed by atoms with Crippen molar-refractivity contribution in [1.82, 2.24) is 15.0 Å². The Morgan fingerprint density at radius 2 is 1.74 bits per heavy atom. The van der Waals surface area contributed by atoms with Gasteiger partial charge in [0.1, 0.15) is 17.2 Å². The van der Waals surface area contributed by atoms with Gasteiger partial charge in [0.25, 0.3) is 5.91 Å². The van der Waals surface area contributed by atoms with E-state index in [4.69, 9.17) is 0 Å². The van der Waals surface area contributed by atoms with Crippen molar-refractivity contribution >= 4 is 23.1 Å². The number of hydrogen-bond acceptors (Lipinski definition) is 5. The third kappa shape index (κ3) is 4.25. The minimum atomic E-state index is -0.966. The van der Waals surface area contributed by atoms with Crippen LogP contribution in [-0.4, -0.2) is 33.9 Å². The topological polar surface area (TPSA) is 71.0 Å². The van der Waals surface area contributed by atoms with Crippen molar-refractivity contribution < 1.29 is 18.0 Å². The Hall–Kier alpha value is -3.75. The molecule has 2 aromatic heterocycles. The van der Waals surface area contributed by atoms with Crippen LogP contribution in [0.1, 0.15) is 29.4 Å². The summed E-state index contributed by atoms with van der Waals surface area (Å²) in [7, 11) is 0. The minimum absolute atomic E-state index is 0.0538. The molecule has 0 atom stereocenters. The van der Waals surface area contributed by atoms with E-state index in [1.165, 1.54) is 30.6 Å². The number of anilines is 2. The zero-order chi connectivity index (χ0) is 22.0. The molecule has 31 heavy (non-hydrogen) atoms. The highest BCUT2D eigenvalue weighted by atomic mass is 19.1. The van der Waals surface area contributed by atoms with Gasteiger partial charge in [-0.1, -0.05) is 11.6 Å². The number of nitrogens with zero attached hydrogens (tertiary/aromatic N) is 4. The average Bonchev–Trinajstić information content (AvgIpc) is 2.75. The maximum absolute atomic E-state index is 14.1. The van der Waals surface area contributed by atoms with Crippen LogP contribution in [0.4, 0.5) is 24.8 Å². The average molecular weight is 425 g/mol. The molecule has 0 radical (unpaired) electrons. The van der Waals surface area contributed by atoms with E-state index in [-0.39, 0.29) is 11.6 Å². The van der Waals surface area contributed by atoms with Crippen LogP contribution in [0.5, 0.6) is 0 Å². The Bertz CT molecular complexity index is 1140. The molecule has 1 aliphatic heterocycles. The van der Waals surface area contributed by atoms with Crippen LogP contribution in [0, 0.1) is 17.5 Å². The van der Waals surface area contributed by atoms with Crippen LogP contribution >= 0.6 is 0 Å². The maximum atomic E-state index is 14.1. The highest BCUT2D eigenvalue weighted by Gasteiger charge is 2.23. The molecule has 0 saturated carbocycles. The van der Waals surface area contributed by atoms with Crippen molar-refractivity contribution in [3.05, 3.63) is 83.2 Å². The highest BCUT2D eigenvalue weighted by molar-refractivity contribution is 6.04. The van der Waals surface area contributed by atoms with E-state index in [0.29, 0.717) is 25.2 Å². The lowest BCUT2D eigenvalue weighted by atomic mass is 9.99. The summed E-state index contributed by atoms with van der Waals surface area (Å²) >= 11 is 0. The number of pyridine rings is 1. The van der Waals surface area contributed by atoms with Crippen LogP contribution in [0.15, 0.2) is 54.5 Å². The summed E-state index contributed by atoms with van der Waals surface area (Å²) in [5, 5.41) is 2.34. The summed E-state index contributed by atoms with van der Waals surface area (Å²) in [6.07, 6.45) is 5.02. The number of aromatic nitrogens is 3. The van der Waals surface area contributed by atoms with Crippen LogP contribution in [0.25, 0.3) is 5.57 Å². The van der Waals surface area contributed by atoms with Crippen molar-refractivity contribution in [2.24, 2.45) is 0 Å². The third-order valence-corrected chi connectivity index (χ3v) is 5.05. The monoisotopic (exact) mass is 425 g/mol. The van der Waals surface area contributed by atoms with Gasteiger partial charge in [-0.15, -0.1) is 0 Å². The predicted molar refractivity (Wildman–Crippen MR) is 110 cm³/mol. The summed E-state index contributed by atoms with van der Waals surface area (Å²) < 4.78 is 41.7. The SMILES string of the molecule is CC1=C(c2cnc(NC(=O)c3c(F)cccc3F)cn2)CN(c2ncccc2F)CC1. The van der Waals surface area contributed by atoms with Crippen molar-refractivity contribution in [2.45, 2.75) is 13.3 Å². The highest BCUT2D eigenvalue weighted by Crippen LogP contribution is 2.29. The fraction of sp³-hybridized carbons (Fsp3) is 0.182. The van der Waals surface area contributed by atoms with Crippen LogP contribution < -0.4 is 10.2 Å². The van der Waals surface area contributed by atoms with Crippen LogP contribution in [0.3, 0.4) is 0 Å². The van der Waals surface area contributed by atoms with Gasteiger partial charge in [0.2, 0.25) is 0 Å². The van der Waals surface area contributed by atoms with Gasteiger partial charge in [-0.05, 0) is 43.2 Å². The summed E-state index contributed by atoms with van der Waals surface area (Å²) in [5.74, 6) is -2.96. The molecule has 0 fully saturated rings. The third-order valence-electron chi connectivity index (χ3n) is 5.05. The second-order valence-electron chi connectivity index (χ2n) is 7.08.